The van der Waals surface area contributed by atoms with Crippen LogP contribution in [0.3, 0.4) is 0 Å². The number of rotatable bonds is 4. The fourth-order valence-electron chi connectivity index (χ4n) is 3.05. The van der Waals surface area contributed by atoms with E-state index in [2.05, 4.69) is 19.8 Å². The molecule has 6 nitrogen and oxygen atoms in total. The molecule has 25 heavy (non-hydrogen) atoms. The molecule has 0 aliphatic heterocycles. The first-order chi connectivity index (χ1) is 12.2. The molecular weight excluding hydrogens is 316 g/mol. The predicted octanol–water partition coefficient (Wildman–Crippen LogP) is 3.17. The molecule has 1 aliphatic rings. The summed E-state index contributed by atoms with van der Waals surface area (Å²) < 4.78 is 6.59. The number of allylic oxidation sites excluding steroid dienone is 1. The van der Waals surface area contributed by atoms with Crippen LogP contribution >= 0.6 is 0 Å². The number of carbonyl (C=O) groups is 1. The fourth-order valence-corrected chi connectivity index (χ4v) is 3.05. The van der Waals surface area contributed by atoms with Crippen molar-refractivity contribution in [1.29, 1.82) is 0 Å². The van der Waals surface area contributed by atoms with Gasteiger partial charge in [-0.05, 0) is 30.9 Å². The van der Waals surface area contributed by atoms with Crippen LogP contribution in [0.5, 0.6) is 0 Å². The fraction of sp³-hybridized carbons (Fsp3) is 0.263. The lowest BCUT2D eigenvalue weighted by molar-refractivity contribution is -0.134. The van der Waals surface area contributed by atoms with Crippen LogP contribution in [-0.2, 0) is 9.53 Å². The van der Waals surface area contributed by atoms with Crippen LogP contribution in [0.15, 0.2) is 55.0 Å². The number of nitrogens with zero attached hydrogens (tertiary/aromatic N) is 4. The van der Waals surface area contributed by atoms with Gasteiger partial charge in [0.1, 0.15) is 0 Å². The highest BCUT2D eigenvalue weighted by molar-refractivity contribution is 5.81. The average Bonchev–Trinajstić information content (AvgIpc) is 3.09. The minimum Gasteiger partial charge on any atom is -0.466 e. The molecule has 3 aromatic rings. The van der Waals surface area contributed by atoms with Crippen molar-refractivity contribution in [3.63, 3.8) is 0 Å². The number of hydrogen-bond donors (Lipinski definition) is 0. The van der Waals surface area contributed by atoms with E-state index in [1.54, 1.807) is 6.20 Å². The lowest BCUT2D eigenvalue weighted by atomic mass is 9.80. The first kappa shape index (κ1) is 15.5. The van der Waals surface area contributed by atoms with Gasteiger partial charge in [-0.15, -0.1) is 0 Å². The summed E-state index contributed by atoms with van der Waals surface area (Å²) in [6, 6.07) is 8.18. The second-order valence-corrected chi connectivity index (χ2v) is 6.22. The summed E-state index contributed by atoms with van der Waals surface area (Å²) in [6.07, 6.45) is 11.0. The van der Waals surface area contributed by atoms with Crippen molar-refractivity contribution in [3.8, 4) is 11.3 Å². The molecule has 1 saturated carbocycles. The molecule has 2 aromatic heterocycles. The van der Waals surface area contributed by atoms with Gasteiger partial charge in [-0.25, -0.2) is 9.78 Å². The molecular formula is C19H18N4O2. The topological polar surface area (TPSA) is 69.9 Å². The molecule has 4 rings (SSSR count). The number of esters is 1. The third-order valence-electron chi connectivity index (χ3n) is 4.58. The average molecular weight is 334 g/mol. The van der Waals surface area contributed by atoms with Gasteiger partial charge in [0, 0.05) is 17.8 Å². The summed E-state index contributed by atoms with van der Waals surface area (Å²) >= 11 is 0. The standard InChI is InChI=1S/C19H18N4O2/c1-25-19(24)7-6-13-8-15(9-13)23-12-14(10-21-23)18-11-20-16-4-2-3-5-17(16)22-18/h2-7,10-13,15H,8-9H2,1H3/b7-6+. The van der Waals surface area contributed by atoms with E-state index in [4.69, 9.17) is 0 Å². The number of hydrogen-bond acceptors (Lipinski definition) is 5. The molecule has 0 bridgehead atoms. The monoisotopic (exact) mass is 334 g/mol. The zero-order chi connectivity index (χ0) is 17.2. The van der Waals surface area contributed by atoms with E-state index in [-0.39, 0.29) is 5.97 Å². The Labute approximate surface area is 145 Å². The van der Waals surface area contributed by atoms with E-state index in [0.717, 1.165) is 35.1 Å². The van der Waals surface area contributed by atoms with Crippen LogP contribution in [-0.4, -0.2) is 32.8 Å². The Balaban J connectivity index is 1.46. The SMILES string of the molecule is COC(=O)/C=C/C1CC(n2cc(-c3cnc4ccccc4n3)cn2)C1. The Bertz CT molecular complexity index is 941. The zero-order valence-corrected chi connectivity index (χ0v) is 13.9. The molecule has 1 fully saturated rings. The number of aromatic nitrogens is 4. The normalized spacial score (nSPS) is 19.9. The number of fused-ring (bicyclic) bond motifs is 1. The van der Waals surface area contributed by atoms with Gasteiger partial charge in [0.25, 0.3) is 0 Å². The van der Waals surface area contributed by atoms with Crippen molar-refractivity contribution in [3.05, 3.63) is 55.0 Å². The molecule has 0 saturated heterocycles. The maximum Gasteiger partial charge on any atom is 0.330 e. The van der Waals surface area contributed by atoms with Crippen LogP contribution in [0.2, 0.25) is 0 Å². The van der Waals surface area contributed by atoms with E-state index in [1.807, 2.05) is 47.4 Å². The Kier molecular flexibility index (Phi) is 4.01. The van der Waals surface area contributed by atoms with Crippen LogP contribution < -0.4 is 0 Å². The minimum absolute atomic E-state index is 0.306. The second-order valence-electron chi connectivity index (χ2n) is 6.22. The Morgan fingerprint density at radius 2 is 2.04 bits per heavy atom. The number of ether oxygens (including phenoxy) is 1. The van der Waals surface area contributed by atoms with Gasteiger partial charge >= 0.3 is 5.97 Å². The summed E-state index contributed by atoms with van der Waals surface area (Å²) in [5, 5.41) is 4.47. The molecule has 0 unspecified atom stereocenters. The maximum absolute atomic E-state index is 11.1. The third-order valence-corrected chi connectivity index (χ3v) is 4.58. The molecule has 0 N–H and O–H groups in total. The van der Waals surface area contributed by atoms with Crippen molar-refractivity contribution in [2.75, 3.05) is 7.11 Å². The lowest BCUT2D eigenvalue weighted by Gasteiger charge is -2.33. The molecule has 0 spiro atoms. The summed E-state index contributed by atoms with van der Waals surface area (Å²) in [5.74, 6) is 0.0944. The first-order valence-corrected chi connectivity index (χ1v) is 8.25. The predicted molar refractivity (Wildman–Crippen MR) is 93.7 cm³/mol. The molecule has 0 amide bonds. The van der Waals surface area contributed by atoms with E-state index < -0.39 is 0 Å². The summed E-state index contributed by atoms with van der Waals surface area (Å²) in [5.41, 5.74) is 3.56. The van der Waals surface area contributed by atoms with Crippen molar-refractivity contribution in [2.45, 2.75) is 18.9 Å². The highest BCUT2D eigenvalue weighted by Gasteiger charge is 2.29. The molecule has 2 heterocycles. The number of para-hydroxylation sites is 2. The molecule has 1 aromatic carbocycles. The van der Waals surface area contributed by atoms with Crippen LogP contribution in [0.25, 0.3) is 22.3 Å². The van der Waals surface area contributed by atoms with Gasteiger partial charge < -0.3 is 4.74 Å². The van der Waals surface area contributed by atoms with Crippen molar-refractivity contribution < 1.29 is 9.53 Å². The van der Waals surface area contributed by atoms with Gasteiger partial charge in [0.15, 0.2) is 0 Å². The van der Waals surface area contributed by atoms with E-state index in [0.29, 0.717) is 12.0 Å². The van der Waals surface area contributed by atoms with E-state index in [9.17, 15) is 4.79 Å². The Morgan fingerprint density at radius 3 is 2.84 bits per heavy atom. The number of benzene rings is 1. The highest BCUT2D eigenvalue weighted by Crippen LogP contribution is 2.38. The van der Waals surface area contributed by atoms with Crippen molar-refractivity contribution in [1.82, 2.24) is 19.7 Å². The Morgan fingerprint density at radius 1 is 1.24 bits per heavy atom. The number of carbonyl (C=O) groups excluding carboxylic acids is 1. The minimum atomic E-state index is -0.306. The molecule has 1 aliphatic carbocycles. The van der Waals surface area contributed by atoms with Gasteiger partial charge in [-0.1, -0.05) is 18.2 Å². The van der Waals surface area contributed by atoms with Gasteiger partial charge in [-0.3, -0.25) is 9.67 Å². The Hall–Kier alpha value is -3.02. The second kappa shape index (κ2) is 6.47. The van der Waals surface area contributed by atoms with Crippen LogP contribution in [0.1, 0.15) is 18.9 Å². The third kappa shape index (κ3) is 3.15. The largest absolute Gasteiger partial charge is 0.466 e. The van der Waals surface area contributed by atoms with Crippen molar-refractivity contribution >= 4 is 17.0 Å². The van der Waals surface area contributed by atoms with Crippen LogP contribution in [0, 0.1) is 5.92 Å². The molecule has 6 heteroatoms. The molecule has 0 atom stereocenters. The first-order valence-electron chi connectivity index (χ1n) is 8.25. The van der Waals surface area contributed by atoms with Gasteiger partial charge in [-0.2, -0.15) is 5.10 Å². The summed E-state index contributed by atoms with van der Waals surface area (Å²) in [6.45, 7) is 0. The quantitative estimate of drug-likeness (QED) is 0.541. The van der Waals surface area contributed by atoms with Gasteiger partial charge in [0.05, 0.1) is 42.3 Å². The van der Waals surface area contributed by atoms with Crippen molar-refractivity contribution in [2.24, 2.45) is 5.92 Å². The summed E-state index contributed by atoms with van der Waals surface area (Å²) in [7, 11) is 1.39. The highest BCUT2D eigenvalue weighted by atomic mass is 16.5. The van der Waals surface area contributed by atoms with E-state index >= 15 is 0 Å². The zero-order valence-electron chi connectivity index (χ0n) is 13.9. The smallest absolute Gasteiger partial charge is 0.330 e. The maximum atomic E-state index is 11.1. The summed E-state index contributed by atoms with van der Waals surface area (Å²) in [4.78, 5) is 20.2. The van der Waals surface area contributed by atoms with Crippen LogP contribution in [0.4, 0.5) is 0 Å². The molecule has 126 valence electrons. The number of methoxy groups -OCH3 is 1. The molecule has 0 radical (unpaired) electrons. The van der Waals surface area contributed by atoms with E-state index in [1.165, 1.54) is 13.2 Å². The van der Waals surface area contributed by atoms with Gasteiger partial charge in [0.2, 0.25) is 0 Å². The lowest BCUT2D eigenvalue weighted by Crippen LogP contribution is -2.25.